The summed E-state index contributed by atoms with van der Waals surface area (Å²) in [6, 6.07) is 5.85. The molecule has 0 aromatic heterocycles. The van der Waals surface area contributed by atoms with Gasteiger partial charge in [-0.3, -0.25) is 4.57 Å². The Kier molecular flexibility index (Phi) is 6.44. The second kappa shape index (κ2) is 8.00. The van der Waals surface area contributed by atoms with Crippen LogP contribution in [0.25, 0.3) is 0 Å². The quantitative estimate of drug-likeness (QED) is 0.555. The zero-order valence-corrected chi connectivity index (χ0v) is 15.7. The average molecular weight is 413 g/mol. The molecule has 0 radical (unpaired) electrons. The smallest absolute Gasteiger partial charge is 0.416 e. The topological polar surface area (TPSA) is 35.5 Å². The summed E-state index contributed by atoms with van der Waals surface area (Å²) in [6.45, 7) is 1.85. The van der Waals surface area contributed by atoms with Crippen molar-refractivity contribution in [3.8, 4) is 11.5 Å². The summed E-state index contributed by atoms with van der Waals surface area (Å²) in [5.41, 5.74) is -0.183. The van der Waals surface area contributed by atoms with E-state index in [0.29, 0.717) is 17.7 Å². The maximum Gasteiger partial charge on any atom is 0.416 e. The number of hydrogen-bond donors (Lipinski definition) is 0. The van der Waals surface area contributed by atoms with Crippen molar-refractivity contribution in [1.82, 2.24) is 0 Å². The van der Waals surface area contributed by atoms with E-state index in [9.17, 15) is 17.7 Å². The molecule has 0 aliphatic carbocycles. The van der Waals surface area contributed by atoms with Crippen molar-refractivity contribution in [1.29, 1.82) is 0 Å². The Hall–Kier alpha value is -1.20. The molecule has 2 aromatic carbocycles. The van der Waals surface area contributed by atoms with Gasteiger partial charge in [0.2, 0.25) is 8.03 Å². The molecule has 1 atom stereocenters. The fourth-order valence-electron chi connectivity index (χ4n) is 2.11. The molecule has 2 aromatic rings. The Morgan fingerprint density at radius 2 is 1.76 bits per heavy atom. The molecule has 2 rings (SSSR count). The summed E-state index contributed by atoms with van der Waals surface area (Å²) in [7, 11) is -1.26. The molecule has 1 unspecified atom stereocenters. The van der Waals surface area contributed by atoms with Crippen LogP contribution >= 0.6 is 31.2 Å². The van der Waals surface area contributed by atoms with E-state index in [-0.39, 0.29) is 21.1 Å². The van der Waals surface area contributed by atoms with Gasteiger partial charge >= 0.3 is 6.18 Å². The molecule has 9 heteroatoms. The van der Waals surface area contributed by atoms with Crippen LogP contribution < -0.4 is 10.0 Å². The lowest BCUT2D eigenvalue weighted by Crippen LogP contribution is -2.05. The summed E-state index contributed by atoms with van der Waals surface area (Å²) in [5, 5.41) is 0.352. The van der Waals surface area contributed by atoms with Gasteiger partial charge in [-0.05, 0) is 42.3 Å². The SMILES string of the molecule is CCc1cc(Cl)c([PH](=O)OC)cc1Oc1ccc(C(F)(F)F)cc1Cl. The summed E-state index contributed by atoms with van der Waals surface area (Å²) in [4.78, 5) is 0. The first-order chi connectivity index (χ1) is 11.7. The van der Waals surface area contributed by atoms with Crippen LogP contribution in [-0.2, 0) is 21.7 Å². The highest BCUT2D eigenvalue weighted by molar-refractivity contribution is 7.48. The van der Waals surface area contributed by atoms with Gasteiger partial charge in [-0.1, -0.05) is 30.1 Å². The second-order valence-corrected chi connectivity index (χ2v) is 7.37. The van der Waals surface area contributed by atoms with Crippen molar-refractivity contribution >= 4 is 36.5 Å². The van der Waals surface area contributed by atoms with Crippen molar-refractivity contribution in [2.45, 2.75) is 19.5 Å². The predicted molar refractivity (Wildman–Crippen MR) is 93.0 cm³/mol. The number of rotatable bonds is 5. The molecular weight excluding hydrogens is 399 g/mol. The van der Waals surface area contributed by atoms with Gasteiger partial charge in [0.15, 0.2) is 0 Å². The lowest BCUT2D eigenvalue weighted by Gasteiger charge is -2.15. The van der Waals surface area contributed by atoms with Crippen molar-refractivity contribution < 1.29 is 27.0 Å². The summed E-state index contributed by atoms with van der Waals surface area (Å²) in [6.07, 6.45) is -3.95. The van der Waals surface area contributed by atoms with E-state index in [4.69, 9.17) is 32.5 Å². The number of halogens is 5. The van der Waals surface area contributed by atoms with Crippen LogP contribution in [-0.4, -0.2) is 7.11 Å². The van der Waals surface area contributed by atoms with E-state index in [0.717, 1.165) is 18.2 Å². The second-order valence-electron chi connectivity index (χ2n) is 5.03. The number of ether oxygens (including phenoxy) is 1. The van der Waals surface area contributed by atoms with Crippen LogP contribution in [0.4, 0.5) is 13.2 Å². The summed E-state index contributed by atoms with van der Waals surface area (Å²) >= 11 is 12.0. The van der Waals surface area contributed by atoms with Gasteiger partial charge in [0, 0.05) is 7.11 Å². The van der Waals surface area contributed by atoms with Gasteiger partial charge in [0.1, 0.15) is 11.5 Å². The average Bonchev–Trinajstić information content (AvgIpc) is 2.55. The summed E-state index contributed by atoms with van der Waals surface area (Å²) < 4.78 is 60.5. The number of alkyl halides is 3. The lowest BCUT2D eigenvalue weighted by atomic mass is 10.1. The normalized spacial score (nSPS) is 12.9. The molecule has 0 fully saturated rings. The summed E-state index contributed by atoms with van der Waals surface area (Å²) in [5.74, 6) is 0.355. The van der Waals surface area contributed by atoms with E-state index < -0.39 is 19.8 Å². The molecular formula is C16H14Cl2F3O3P. The third-order valence-corrected chi connectivity index (χ3v) is 5.41. The third kappa shape index (κ3) is 4.70. The standard InChI is InChI=1S/C16H14Cl2F3O3P/c1-3-9-6-12(18)15(25(22)23-2)8-14(9)24-13-5-4-10(7-11(13)17)16(19,20)21/h4-8,25H,3H2,1-2H3. The predicted octanol–water partition coefficient (Wildman–Crippen LogP) is 6.11. The van der Waals surface area contributed by atoms with Crippen molar-refractivity contribution in [2.75, 3.05) is 7.11 Å². The van der Waals surface area contributed by atoms with E-state index in [1.165, 1.54) is 13.2 Å². The molecule has 0 bridgehead atoms. The lowest BCUT2D eigenvalue weighted by molar-refractivity contribution is -0.137. The Bertz CT molecular complexity index is 810. The number of aryl methyl sites for hydroxylation is 1. The fourth-order valence-corrected chi connectivity index (χ4v) is 3.48. The largest absolute Gasteiger partial charge is 0.455 e. The number of benzene rings is 2. The molecule has 0 aliphatic rings. The van der Waals surface area contributed by atoms with Gasteiger partial charge in [-0.2, -0.15) is 13.2 Å². The van der Waals surface area contributed by atoms with Crippen LogP contribution in [0.1, 0.15) is 18.1 Å². The Morgan fingerprint density at radius 3 is 2.28 bits per heavy atom. The highest BCUT2D eigenvalue weighted by Gasteiger charge is 2.31. The first kappa shape index (κ1) is 20.1. The molecule has 0 aliphatic heterocycles. The van der Waals surface area contributed by atoms with Crippen LogP contribution in [0.2, 0.25) is 10.0 Å². The molecule has 0 amide bonds. The van der Waals surface area contributed by atoms with E-state index in [1.807, 2.05) is 6.92 Å². The monoisotopic (exact) mass is 412 g/mol. The van der Waals surface area contributed by atoms with Crippen LogP contribution in [0, 0.1) is 0 Å². The van der Waals surface area contributed by atoms with Gasteiger partial charge in [-0.15, -0.1) is 0 Å². The molecule has 136 valence electrons. The maximum absolute atomic E-state index is 12.7. The van der Waals surface area contributed by atoms with Crippen molar-refractivity contribution in [2.24, 2.45) is 0 Å². The van der Waals surface area contributed by atoms with Crippen LogP contribution in [0.3, 0.4) is 0 Å². The molecule has 0 saturated heterocycles. The van der Waals surface area contributed by atoms with Crippen molar-refractivity contribution in [3.63, 3.8) is 0 Å². The van der Waals surface area contributed by atoms with E-state index >= 15 is 0 Å². The first-order valence-corrected chi connectivity index (χ1v) is 9.20. The fraction of sp³-hybridized carbons (Fsp3) is 0.250. The zero-order chi connectivity index (χ0) is 18.8. The van der Waals surface area contributed by atoms with Crippen LogP contribution in [0.5, 0.6) is 11.5 Å². The Labute approximate surface area is 153 Å². The zero-order valence-electron chi connectivity index (χ0n) is 13.2. The highest BCUT2D eigenvalue weighted by atomic mass is 35.5. The van der Waals surface area contributed by atoms with Crippen molar-refractivity contribution in [3.05, 3.63) is 51.5 Å². The molecule has 25 heavy (non-hydrogen) atoms. The minimum atomic E-state index is -4.50. The molecule has 0 N–H and O–H groups in total. The minimum absolute atomic E-state index is 0.0507. The van der Waals surface area contributed by atoms with E-state index in [2.05, 4.69) is 0 Å². The molecule has 0 heterocycles. The molecule has 0 saturated carbocycles. The van der Waals surface area contributed by atoms with E-state index in [1.54, 1.807) is 6.07 Å². The van der Waals surface area contributed by atoms with Gasteiger partial charge in [0.25, 0.3) is 0 Å². The van der Waals surface area contributed by atoms with Gasteiger partial charge in [-0.25, -0.2) is 0 Å². The van der Waals surface area contributed by atoms with Gasteiger partial charge < -0.3 is 9.26 Å². The third-order valence-electron chi connectivity index (χ3n) is 3.42. The minimum Gasteiger partial charge on any atom is -0.455 e. The van der Waals surface area contributed by atoms with Gasteiger partial charge in [0.05, 0.1) is 20.9 Å². The maximum atomic E-state index is 12.7. The Balaban J connectivity index is 2.44. The first-order valence-electron chi connectivity index (χ1n) is 7.12. The van der Waals surface area contributed by atoms with Crippen LogP contribution in [0.15, 0.2) is 30.3 Å². The Morgan fingerprint density at radius 1 is 1.08 bits per heavy atom. The molecule has 3 nitrogen and oxygen atoms in total. The molecule has 0 spiro atoms. The number of hydrogen-bond acceptors (Lipinski definition) is 3. The highest BCUT2D eigenvalue weighted by Crippen LogP contribution is 2.38.